The number of imide groups is 1. The number of rotatable bonds is 7. The second-order valence-electron chi connectivity index (χ2n) is 5.82. The van der Waals surface area contributed by atoms with Crippen LogP contribution in [0.3, 0.4) is 0 Å². The minimum atomic E-state index is -1.10. The molecule has 0 aliphatic carbocycles. The largest absolute Gasteiger partial charge is 0.490 e. The van der Waals surface area contributed by atoms with E-state index in [1.165, 1.54) is 0 Å². The molecule has 1 N–H and O–H groups in total. The number of amides is 2. The number of aliphatic carboxylic acids is 1. The Morgan fingerprint density at radius 3 is 2.52 bits per heavy atom. The molecule has 2 aromatic rings. The number of carboxylic acids is 1. The van der Waals surface area contributed by atoms with Gasteiger partial charge < -0.3 is 14.6 Å². The van der Waals surface area contributed by atoms with E-state index in [1.54, 1.807) is 55.5 Å². The monoisotopic (exact) mass is 433 g/mol. The summed E-state index contributed by atoms with van der Waals surface area (Å²) in [6, 6.07) is 11.2. The zero-order chi connectivity index (χ0) is 21.0. The van der Waals surface area contributed by atoms with Gasteiger partial charge in [0.25, 0.3) is 11.1 Å². The molecular formula is C20H16ClNO6S. The van der Waals surface area contributed by atoms with Gasteiger partial charge in [0, 0.05) is 5.02 Å². The number of nitrogens with zero attached hydrogens (tertiary/aromatic N) is 1. The SMILES string of the molecule is CCOc1cc(/C=C2\SC(=O)N(c3ccc(Cl)cc3)C2=O)ccc1OCC(=O)O. The summed E-state index contributed by atoms with van der Waals surface area (Å²) in [5.74, 6) is -0.918. The van der Waals surface area contributed by atoms with Crippen molar-refractivity contribution in [2.45, 2.75) is 6.92 Å². The minimum Gasteiger partial charge on any atom is -0.490 e. The summed E-state index contributed by atoms with van der Waals surface area (Å²) in [6.45, 7) is 1.63. The highest BCUT2D eigenvalue weighted by atomic mass is 35.5. The maximum Gasteiger partial charge on any atom is 0.341 e. The molecule has 2 amide bonds. The Bertz CT molecular complexity index is 989. The smallest absolute Gasteiger partial charge is 0.341 e. The fourth-order valence-electron chi connectivity index (χ4n) is 2.57. The number of ether oxygens (including phenoxy) is 2. The van der Waals surface area contributed by atoms with Crippen LogP contribution in [0.25, 0.3) is 6.08 Å². The maximum absolute atomic E-state index is 12.7. The highest BCUT2D eigenvalue weighted by Gasteiger charge is 2.36. The third kappa shape index (κ3) is 4.90. The van der Waals surface area contributed by atoms with Crippen LogP contribution in [0.4, 0.5) is 10.5 Å². The van der Waals surface area contributed by atoms with E-state index in [1.807, 2.05) is 0 Å². The van der Waals surface area contributed by atoms with Gasteiger partial charge in [-0.1, -0.05) is 17.7 Å². The lowest BCUT2D eigenvalue weighted by molar-refractivity contribution is -0.139. The average molecular weight is 434 g/mol. The molecule has 1 saturated heterocycles. The lowest BCUT2D eigenvalue weighted by Crippen LogP contribution is -2.27. The number of carbonyl (C=O) groups excluding carboxylic acids is 2. The molecule has 1 fully saturated rings. The van der Waals surface area contributed by atoms with Crippen LogP contribution >= 0.6 is 23.4 Å². The van der Waals surface area contributed by atoms with Crippen molar-refractivity contribution >= 4 is 52.2 Å². The van der Waals surface area contributed by atoms with Crippen LogP contribution in [0.2, 0.25) is 5.02 Å². The van der Waals surface area contributed by atoms with Gasteiger partial charge in [-0.25, -0.2) is 9.69 Å². The van der Waals surface area contributed by atoms with E-state index in [0.29, 0.717) is 28.6 Å². The van der Waals surface area contributed by atoms with E-state index in [-0.39, 0.29) is 10.7 Å². The predicted molar refractivity (Wildman–Crippen MR) is 111 cm³/mol. The van der Waals surface area contributed by atoms with Crippen molar-refractivity contribution in [1.82, 2.24) is 0 Å². The van der Waals surface area contributed by atoms with Gasteiger partial charge in [0.2, 0.25) is 0 Å². The van der Waals surface area contributed by atoms with Crippen molar-refractivity contribution in [2.75, 3.05) is 18.1 Å². The first-order valence-electron chi connectivity index (χ1n) is 8.54. The van der Waals surface area contributed by atoms with Crippen LogP contribution < -0.4 is 14.4 Å². The second kappa shape index (κ2) is 9.02. The van der Waals surface area contributed by atoms with E-state index in [9.17, 15) is 14.4 Å². The molecule has 0 spiro atoms. The van der Waals surface area contributed by atoms with Crippen LogP contribution in [0.5, 0.6) is 11.5 Å². The lowest BCUT2D eigenvalue weighted by Gasteiger charge is -2.12. The van der Waals surface area contributed by atoms with Crippen molar-refractivity contribution in [3.63, 3.8) is 0 Å². The van der Waals surface area contributed by atoms with Crippen molar-refractivity contribution < 1.29 is 29.0 Å². The average Bonchev–Trinajstić information content (AvgIpc) is 2.95. The summed E-state index contributed by atoms with van der Waals surface area (Å²) in [6.07, 6.45) is 1.57. The first-order valence-corrected chi connectivity index (χ1v) is 9.73. The zero-order valence-corrected chi connectivity index (χ0v) is 16.8. The standard InChI is InChI=1S/C20H16ClNO6S/c1-2-27-16-9-12(3-8-15(16)28-11-18(23)24)10-17-19(25)22(20(26)29-17)14-6-4-13(21)5-7-14/h3-10H,2,11H2,1H3,(H,23,24)/b17-10-. The van der Waals surface area contributed by atoms with E-state index in [4.69, 9.17) is 26.2 Å². The molecule has 0 aromatic heterocycles. The number of anilines is 1. The number of carboxylic acid groups (broad SMARTS) is 1. The Labute approximate surface area is 175 Å². The van der Waals surface area contributed by atoms with Gasteiger partial charge in [0.15, 0.2) is 18.1 Å². The molecule has 7 nitrogen and oxygen atoms in total. The minimum absolute atomic E-state index is 0.256. The summed E-state index contributed by atoms with van der Waals surface area (Å²) >= 11 is 6.69. The fraction of sp³-hybridized carbons (Fsp3) is 0.150. The number of halogens is 1. The molecule has 2 aromatic carbocycles. The molecule has 29 heavy (non-hydrogen) atoms. The summed E-state index contributed by atoms with van der Waals surface area (Å²) in [4.78, 5) is 37.1. The molecule has 1 aliphatic heterocycles. The molecule has 0 radical (unpaired) electrons. The maximum atomic E-state index is 12.7. The lowest BCUT2D eigenvalue weighted by atomic mass is 10.1. The van der Waals surface area contributed by atoms with Gasteiger partial charge in [-0.2, -0.15) is 0 Å². The molecule has 9 heteroatoms. The molecule has 1 heterocycles. The summed E-state index contributed by atoms with van der Waals surface area (Å²) in [5, 5.41) is 8.87. The van der Waals surface area contributed by atoms with Crippen LogP contribution in [0, 0.1) is 0 Å². The number of hydrogen-bond acceptors (Lipinski definition) is 6. The van der Waals surface area contributed by atoms with Gasteiger partial charge in [-0.3, -0.25) is 9.59 Å². The number of benzene rings is 2. The topological polar surface area (TPSA) is 93.1 Å². The summed E-state index contributed by atoms with van der Waals surface area (Å²) < 4.78 is 10.7. The van der Waals surface area contributed by atoms with Crippen molar-refractivity contribution in [2.24, 2.45) is 0 Å². The van der Waals surface area contributed by atoms with Crippen LogP contribution in [0.15, 0.2) is 47.4 Å². The quantitative estimate of drug-likeness (QED) is 0.645. The first-order chi connectivity index (χ1) is 13.9. The third-order valence-electron chi connectivity index (χ3n) is 3.80. The first kappa shape index (κ1) is 20.8. The highest BCUT2D eigenvalue weighted by molar-refractivity contribution is 8.19. The Kier molecular flexibility index (Phi) is 6.46. The van der Waals surface area contributed by atoms with Gasteiger partial charge in [-0.15, -0.1) is 0 Å². The number of hydrogen-bond donors (Lipinski definition) is 1. The molecule has 0 unspecified atom stereocenters. The Hall–Kier alpha value is -2.97. The molecular weight excluding hydrogens is 418 g/mol. The Balaban J connectivity index is 1.86. The van der Waals surface area contributed by atoms with E-state index in [0.717, 1.165) is 16.7 Å². The fourth-order valence-corrected chi connectivity index (χ4v) is 3.54. The van der Waals surface area contributed by atoms with E-state index >= 15 is 0 Å². The van der Waals surface area contributed by atoms with Crippen molar-refractivity contribution in [3.05, 3.63) is 58.0 Å². The van der Waals surface area contributed by atoms with Gasteiger partial charge >= 0.3 is 5.97 Å². The third-order valence-corrected chi connectivity index (χ3v) is 4.92. The van der Waals surface area contributed by atoms with Gasteiger partial charge in [0.1, 0.15) is 0 Å². The molecule has 3 rings (SSSR count). The highest BCUT2D eigenvalue weighted by Crippen LogP contribution is 2.37. The Morgan fingerprint density at radius 1 is 1.14 bits per heavy atom. The van der Waals surface area contributed by atoms with E-state index < -0.39 is 23.7 Å². The normalized spacial score (nSPS) is 15.1. The summed E-state index contributed by atoms with van der Waals surface area (Å²) in [7, 11) is 0. The van der Waals surface area contributed by atoms with Crippen molar-refractivity contribution in [1.29, 1.82) is 0 Å². The van der Waals surface area contributed by atoms with Crippen LogP contribution in [-0.2, 0) is 9.59 Å². The van der Waals surface area contributed by atoms with Gasteiger partial charge in [0.05, 0.1) is 17.2 Å². The zero-order valence-electron chi connectivity index (χ0n) is 15.3. The summed E-state index contributed by atoms with van der Waals surface area (Å²) in [5.41, 5.74) is 1.05. The van der Waals surface area contributed by atoms with Gasteiger partial charge in [-0.05, 0) is 66.7 Å². The van der Waals surface area contributed by atoms with Crippen LogP contribution in [0.1, 0.15) is 12.5 Å². The molecule has 0 atom stereocenters. The predicted octanol–water partition coefficient (Wildman–Crippen LogP) is 4.44. The second-order valence-corrected chi connectivity index (χ2v) is 7.24. The number of thioether (sulfide) groups is 1. The van der Waals surface area contributed by atoms with E-state index in [2.05, 4.69) is 0 Å². The Morgan fingerprint density at radius 2 is 1.86 bits per heavy atom. The molecule has 1 aliphatic rings. The molecule has 0 saturated carbocycles. The molecule has 0 bridgehead atoms. The van der Waals surface area contributed by atoms with Crippen LogP contribution in [-0.4, -0.2) is 35.4 Å². The van der Waals surface area contributed by atoms with Crippen molar-refractivity contribution in [3.8, 4) is 11.5 Å². The molecule has 150 valence electrons. The number of carbonyl (C=O) groups is 3.